The summed E-state index contributed by atoms with van der Waals surface area (Å²) in [7, 11) is 0. The van der Waals surface area contributed by atoms with Gasteiger partial charge in [0.2, 0.25) is 0 Å². The largest absolute Gasteiger partial charge is 0.435 e. The van der Waals surface area contributed by atoms with E-state index in [4.69, 9.17) is 17.3 Å². The summed E-state index contributed by atoms with van der Waals surface area (Å²) in [5.41, 5.74) is 4.10. The van der Waals surface area contributed by atoms with E-state index in [-0.39, 0.29) is 0 Å². The highest BCUT2D eigenvalue weighted by Gasteiger charge is 1.96. The highest BCUT2D eigenvalue weighted by molar-refractivity contribution is 6.61. The monoisotopic (exact) mass is 123 g/mol. The highest BCUT2D eigenvalue weighted by atomic mass is 35.5. The maximum atomic E-state index is 9.72. The van der Waals surface area contributed by atoms with Crippen LogP contribution in [0.2, 0.25) is 0 Å². The zero-order valence-corrected chi connectivity index (χ0v) is 4.61. The van der Waals surface area contributed by atoms with Crippen LogP contribution in [-0.4, -0.2) is 11.7 Å². The van der Waals surface area contributed by atoms with Gasteiger partial charge in [-0.1, -0.05) is 0 Å². The minimum Gasteiger partial charge on any atom is -0.435 e. The van der Waals surface area contributed by atoms with E-state index in [9.17, 15) is 4.79 Å². The molecule has 3 nitrogen and oxygen atoms in total. The van der Waals surface area contributed by atoms with Crippen LogP contribution >= 0.6 is 11.6 Å². The van der Waals surface area contributed by atoms with Gasteiger partial charge in [-0.3, -0.25) is 5.73 Å². The molecule has 0 rings (SSSR count). The van der Waals surface area contributed by atoms with Crippen LogP contribution in [0.15, 0.2) is 0 Å². The Kier molecular flexibility index (Phi) is 2.71. The van der Waals surface area contributed by atoms with Crippen LogP contribution in [-0.2, 0) is 4.74 Å². The van der Waals surface area contributed by atoms with Gasteiger partial charge in [0.15, 0.2) is 0 Å². The Labute approximate surface area is 46.4 Å². The second kappa shape index (κ2) is 2.82. The van der Waals surface area contributed by atoms with E-state index in [1.165, 1.54) is 6.92 Å². The van der Waals surface area contributed by atoms with Crippen molar-refractivity contribution < 1.29 is 9.53 Å². The fraction of sp³-hybridized carbons (Fsp3) is 0.667. The molecule has 0 aliphatic rings. The van der Waals surface area contributed by atoms with Gasteiger partial charge < -0.3 is 4.74 Å². The van der Waals surface area contributed by atoms with Crippen molar-refractivity contribution in [3.05, 3.63) is 0 Å². The molecular formula is C3H6ClNO2. The molecule has 1 atom stereocenters. The number of rotatable bonds is 1. The van der Waals surface area contributed by atoms with Gasteiger partial charge in [0.25, 0.3) is 0 Å². The molecule has 0 bridgehead atoms. The zero-order valence-electron chi connectivity index (χ0n) is 3.85. The van der Waals surface area contributed by atoms with Crippen LogP contribution in [0.1, 0.15) is 6.92 Å². The molecular weight excluding hydrogens is 117 g/mol. The van der Waals surface area contributed by atoms with Gasteiger partial charge in [-0.15, -0.1) is 0 Å². The third kappa shape index (κ3) is 5.72. The summed E-state index contributed by atoms with van der Waals surface area (Å²) in [6.07, 6.45) is -0.606. The maximum absolute atomic E-state index is 9.72. The normalized spacial score (nSPS) is 13.0. The number of halogens is 1. The first-order valence-corrected chi connectivity index (χ1v) is 2.12. The Hall–Kier alpha value is -0.280. The minimum absolute atomic E-state index is 0.606. The molecule has 0 saturated heterocycles. The van der Waals surface area contributed by atoms with Crippen LogP contribution in [0, 0.1) is 0 Å². The summed E-state index contributed by atoms with van der Waals surface area (Å²) >= 11 is 4.73. The summed E-state index contributed by atoms with van der Waals surface area (Å²) in [6.45, 7) is 1.51. The van der Waals surface area contributed by atoms with E-state index in [0.717, 1.165) is 0 Å². The van der Waals surface area contributed by atoms with Crippen molar-refractivity contribution in [1.29, 1.82) is 0 Å². The van der Waals surface area contributed by atoms with Crippen molar-refractivity contribution in [1.82, 2.24) is 0 Å². The number of carbonyl (C=O) groups excluding carboxylic acids is 1. The van der Waals surface area contributed by atoms with Gasteiger partial charge in [-0.2, -0.15) is 0 Å². The topological polar surface area (TPSA) is 52.3 Å². The third-order valence-electron chi connectivity index (χ3n) is 0.279. The van der Waals surface area contributed by atoms with E-state index in [1.807, 2.05) is 0 Å². The average molecular weight is 124 g/mol. The first kappa shape index (κ1) is 6.72. The van der Waals surface area contributed by atoms with Gasteiger partial charge in [0, 0.05) is 11.6 Å². The van der Waals surface area contributed by atoms with Crippen molar-refractivity contribution in [3.63, 3.8) is 0 Å². The second-order valence-corrected chi connectivity index (χ2v) is 1.37. The van der Waals surface area contributed by atoms with Crippen LogP contribution in [0.5, 0.6) is 0 Å². The lowest BCUT2D eigenvalue weighted by Crippen LogP contribution is -2.19. The number of hydrogen-bond donors (Lipinski definition) is 1. The van der Waals surface area contributed by atoms with Crippen molar-refractivity contribution >= 4 is 17.0 Å². The molecule has 0 aromatic heterocycles. The number of ether oxygens (including phenoxy) is 1. The smallest absolute Gasteiger partial charge is 0.405 e. The second-order valence-electron chi connectivity index (χ2n) is 1.06. The van der Waals surface area contributed by atoms with Gasteiger partial charge in [0.05, 0.1) is 0 Å². The van der Waals surface area contributed by atoms with E-state index < -0.39 is 11.7 Å². The van der Waals surface area contributed by atoms with Crippen molar-refractivity contribution in [3.8, 4) is 0 Å². The van der Waals surface area contributed by atoms with Gasteiger partial charge >= 0.3 is 5.43 Å². The molecule has 2 N–H and O–H groups in total. The molecule has 42 valence electrons. The maximum Gasteiger partial charge on any atom is 0.405 e. The Bertz CT molecular complexity index is 73.3. The third-order valence-corrected chi connectivity index (χ3v) is 0.368. The van der Waals surface area contributed by atoms with Crippen molar-refractivity contribution in [2.75, 3.05) is 0 Å². The molecule has 0 amide bonds. The first-order chi connectivity index (χ1) is 3.13. The minimum atomic E-state index is -0.866. The molecule has 0 fully saturated rings. The first-order valence-electron chi connectivity index (χ1n) is 1.74. The number of nitrogens with two attached hydrogens (primary N) is 1. The van der Waals surface area contributed by atoms with Gasteiger partial charge in [0.1, 0.15) is 6.23 Å². The summed E-state index contributed by atoms with van der Waals surface area (Å²) in [4.78, 5) is 9.72. The lowest BCUT2D eigenvalue weighted by atomic mass is 10.7. The summed E-state index contributed by atoms with van der Waals surface area (Å²) in [6, 6.07) is 0. The fourth-order valence-corrected chi connectivity index (χ4v) is 0.287. The lowest BCUT2D eigenvalue weighted by Gasteiger charge is -2.00. The Morgan fingerprint density at radius 2 is 2.43 bits per heavy atom. The van der Waals surface area contributed by atoms with Gasteiger partial charge in [-0.05, 0) is 6.92 Å². The molecule has 7 heavy (non-hydrogen) atoms. The molecule has 0 aliphatic heterocycles. The lowest BCUT2D eigenvalue weighted by molar-refractivity contribution is 0.135. The molecule has 1 unspecified atom stereocenters. The number of hydrogen-bond acceptors (Lipinski definition) is 3. The average Bonchev–Trinajstić information content (AvgIpc) is 1.27. The fourth-order valence-electron chi connectivity index (χ4n) is 0.146. The Morgan fingerprint density at radius 3 is 2.43 bits per heavy atom. The molecule has 0 aromatic rings. The van der Waals surface area contributed by atoms with Crippen molar-refractivity contribution in [2.45, 2.75) is 13.2 Å². The molecule has 0 saturated carbocycles. The molecule has 4 heteroatoms. The Balaban J connectivity index is 3.13. The predicted molar refractivity (Wildman–Crippen MR) is 26.0 cm³/mol. The number of carbonyl (C=O) groups is 1. The van der Waals surface area contributed by atoms with E-state index in [0.29, 0.717) is 0 Å². The molecule has 0 aromatic carbocycles. The molecule has 0 spiro atoms. The summed E-state index contributed by atoms with van der Waals surface area (Å²) in [5.74, 6) is 0. The standard InChI is InChI=1S/C3H6ClNO2/c1-2(5)7-3(4)6/h2H,5H2,1H3. The van der Waals surface area contributed by atoms with E-state index in [1.54, 1.807) is 0 Å². The van der Waals surface area contributed by atoms with E-state index >= 15 is 0 Å². The molecule has 0 aliphatic carbocycles. The highest BCUT2D eigenvalue weighted by Crippen LogP contribution is 1.87. The van der Waals surface area contributed by atoms with Crippen molar-refractivity contribution in [2.24, 2.45) is 5.73 Å². The summed E-state index contributed by atoms with van der Waals surface area (Å²) in [5, 5.41) is 0. The van der Waals surface area contributed by atoms with E-state index in [2.05, 4.69) is 4.74 Å². The zero-order chi connectivity index (χ0) is 5.86. The summed E-state index contributed by atoms with van der Waals surface area (Å²) < 4.78 is 4.15. The predicted octanol–water partition coefficient (Wildman–Crippen LogP) is 0.667. The quantitative estimate of drug-likeness (QED) is 0.412. The SMILES string of the molecule is CC(N)OC(=O)Cl. The van der Waals surface area contributed by atoms with Gasteiger partial charge in [-0.25, -0.2) is 4.79 Å². The van der Waals surface area contributed by atoms with Crippen LogP contribution in [0.3, 0.4) is 0 Å². The van der Waals surface area contributed by atoms with Crippen LogP contribution in [0.25, 0.3) is 0 Å². The molecule has 0 heterocycles. The molecule has 0 radical (unpaired) electrons. The van der Waals surface area contributed by atoms with Crippen LogP contribution < -0.4 is 5.73 Å². The Morgan fingerprint density at radius 1 is 2.00 bits per heavy atom. The van der Waals surface area contributed by atoms with Crippen LogP contribution in [0.4, 0.5) is 4.79 Å².